The Labute approximate surface area is 148 Å². The van der Waals surface area contributed by atoms with Crippen LogP contribution in [0.2, 0.25) is 0 Å². The normalized spacial score (nSPS) is 13.3. The molecule has 0 aliphatic carbocycles. The van der Waals surface area contributed by atoms with Gasteiger partial charge in [0.15, 0.2) is 0 Å². The van der Waals surface area contributed by atoms with E-state index in [2.05, 4.69) is 29.9 Å². The Kier molecular flexibility index (Phi) is 17.0. The van der Waals surface area contributed by atoms with Crippen LogP contribution in [0.1, 0.15) is 77.6 Å². The fraction of sp³-hybridized carbons (Fsp3) is 0.667. The summed E-state index contributed by atoms with van der Waals surface area (Å²) in [5, 5.41) is 9.73. The molecule has 0 saturated heterocycles. The average molecular weight is 337 g/mol. The van der Waals surface area contributed by atoms with Crippen molar-refractivity contribution < 1.29 is 14.6 Å². The monoisotopic (exact) mass is 336 g/mol. The molecular weight excluding hydrogens is 300 g/mol. The molecule has 1 unspecified atom stereocenters. The fourth-order valence-electron chi connectivity index (χ4n) is 2.29. The smallest absolute Gasteiger partial charge is 0.305 e. The molecule has 0 bridgehead atoms. The van der Waals surface area contributed by atoms with Crippen molar-refractivity contribution in [2.45, 2.75) is 83.7 Å². The second kappa shape index (κ2) is 18.0. The van der Waals surface area contributed by atoms with Crippen molar-refractivity contribution in [2.24, 2.45) is 0 Å². The van der Waals surface area contributed by atoms with Gasteiger partial charge in [-0.15, -0.1) is 0 Å². The predicted molar refractivity (Wildman–Crippen MR) is 102 cm³/mol. The van der Waals surface area contributed by atoms with Crippen LogP contribution in [0, 0.1) is 0 Å². The van der Waals surface area contributed by atoms with E-state index in [0.717, 1.165) is 38.5 Å². The number of carbonyl (C=O) groups excluding carboxylic acids is 1. The summed E-state index contributed by atoms with van der Waals surface area (Å²) >= 11 is 0. The lowest BCUT2D eigenvalue weighted by Gasteiger charge is -2.03. The Bertz CT molecular complexity index is 369. The maximum absolute atomic E-state index is 10.9. The summed E-state index contributed by atoms with van der Waals surface area (Å²) < 4.78 is 4.60. The highest BCUT2D eigenvalue weighted by atomic mass is 16.5. The summed E-state index contributed by atoms with van der Waals surface area (Å²) in [6.45, 7) is 2.17. The molecule has 0 aliphatic heterocycles. The van der Waals surface area contributed by atoms with E-state index in [1.54, 1.807) is 0 Å². The lowest BCUT2D eigenvalue weighted by molar-refractivity contribution is -0.140. The molecule has 0 heterocycles. The summed E-state index contributed by atoms with van der Waals surface area (Å²) in [6, 6.07) is 0. The van der Waals surface area contributed by atoms with E-state index in [9.17, 15) is 9.90 Å². The predicted octanol–water partition coefficient (Wildman–Crippen LogP) is 5.50. The molecule has 0 aliphatic rings. The third-order valence-corrected chi connectivity index (χ3v) is 3.82. The summed E-state index contributed by atoms with van der Waals surface area (Å²) in [6.07, 6.45) is 23.3. The summed E-state index contributed by atoms with van der Waals surface area (Å²) in [5.41, 5.74) is 0. The molecule has 0 aromatic heterocycles. The standard InChI is InChI=1S/C21H36O3/c1-3-4-14-17-20(22)18-15-12-10-8-6-5-7-9-11-13-16-19-21(23)24-2/h9-12,15,18,20,22H,3-8,13-14,16-17,19H2,1-2H3. The minimum Gasteiger partial charge on any atom is -0.469 e. The Morgan fingerprint density at radius 2 is 1.62 bits per heavy atom. The van der Waals surface area contributed by atoms with Gasteiger partial charge < -0.3 is 9.84 Å². The molecule has 0 rings (SSSR count). The van der Waals surface area contributed by atoms with Crippen LogP contribution in [0.15, 0.2) is 36.5 Å². The van der Waals surface area contributed by atoms with Gasteiger partial charge in [-0.2, -0.15) is 0 Å². The molecule has 0 aromatic carbocycles. The number of methoxy groups -OCH3 is 1. The van der Waals surface area contributed by atoms with Gasteiger partial charge in [0.05, 0.1) is 13.2 Å². The average Bonchev–Trinajstić information content (AvgIpc) is 2.58. The van der Waals surface area contributed by atoms with Crippen molar-refractivity contribution in [2.75, 3.05) is 7.11 Å². The highest BCUT2D eigenvalue weighted by molar-refractivity contribution is 5.68. The molecule has 1 atom stereocenters. The molecule has 3 nitrogen and oxygen atoms in total. The Morgan fingerprint density at radius 1 is 0.958 bits per heavy atom. The number of unbranched alkanes of at least 4 members (excludes halogenated alkanes) is 6. The minimum atomic E-state index is -0.300. The lowest BCUT2D eigenvalue weighted by Crippen LogP contribution is -2.00. The van der Waals surface area contributed by atoms with Gasteiger partial charge in [-0.3, -0.25) is 4.79 Å². The lowest BCUT2D eigenvalue weighted by atomic mass is 10.1. The van der Waals surface area contributed by atoms with E-state index >= 15 is 0 Å². The van der Waals surface area contributed by atoms with Gasteiger partial charge in [0, 0.05) is 6.42 Å². The van der Waals surface area contributed by atoms with Crippen LogP contribution in [0.3, 0.4) is 0 Å². The SMILES string of the molecule is CCCCCC(O)C=CC=CCCCCC=CCCCC(=O)OC. The third-order valence-electron chi connectivity index (χ3n) is 3.82. The first kappa shape index (κ1) is 22.6. The van der Waals surface area contributed by atoms with E-state index < -0.39 is 0 Å². The molecule has 1 N–H and O–H groups in total. The van der Waals surface area contributed by atoms with Crippen LogP contribution >= 0.6 is 0 Å². The first-order valence-electron chi connectivity index (χ1n) is 9.44. The second-order valence-corrected chi connectivity index (χ2v) is 6.10. The molecule has 0 aromatic rings. The maximum atomic E-state index is 10.9. The highest BCUT2D eigenvalue weighted by Crippen LogP contribution is 2.06. The van der Waals surface area contributed by atoms with Crippen molar-refractivity contribution in [1.29, 1.82) is 0 Å². The van der Waals surface area contributed by atoms with E-state index in [1.807, 2.05) is 18.2 Å². The van der Waals surface area contributed by atoms with Crippen LogP contribution < -0.4 is 0 Å². The second-order valence-electron chi connectivity index (χ2n) is 6.10. The summed E-state index contributed by atoms with van der Waals surface area (Å²) in [5.74, 6) is -0.127. The molecule has 3 heteroatoms. The molecule has 0 spiro atoms. The van der Waals surface area contributed by atoms with E-state index in [0.29, 0.717) is 6.42 Å². The van der Waals surface area contributed by atoms with Crippen molar-refractivity contribution in [3.8, 4) is 0 Å². The van der Waals surface area contributed by atoms with Crippen LogP contribution in [-0.2, 0) is 9.53 Å². The number of carbonyl (C=O) groups is 1. The summed E-state index contributed by atoms with van der Waals surface area (Å²) in [7, 11) is 1.43. The number of hydrogen-bond donors (Lipinski definition) is 1. The molecule has 0 fully saturated rings. The number of allylic oxidation sites excluding steroid dienone is 5. The first-order valence-corrected chi connectivity index (χ1v) is 9.44. The molecular formula is C21H36O3. The zero-order valence-corrected chi connectivity index (χ0v) is 15.6. The van der Waals surface area contributed by atoms with Gasteiger partial charge in [-0.25, -0.2) is 0 Å². The molecule has 138 valence electrons. The Morgan fingerprint density at radius 3 is 2.29 bits per heavy atom. The van der Waals surface area contributed by atoms with Crippen molar-refractivity contribution in [3.63, 3.8) is 0 Å². The minimum absolute atomic E-state index is 0.127. The molecule has 0 radical (unpaired) electrons. The quantitative estimate of drug-likeness (QED) is 0.186. The molecule has 0 saturated carbocycles. The Hall–Kier alpha value is -1.35. The van der Waals surface area contributed by atoms with Gasteiger partial charge in [0.1, 0.15) is 0 Å². The van der Waals surface area contributed by atoms with Gasteiger partial charge >= 0.3 is 5.97 Å². The maximum Gasteiger partial charge on any atom is 0.305 e. The molecule has 24 heavy (non-hydrogen) atoms. The summed E-state index contributed by atoms with van der Waals surface area (Å²) in [4.78, 5) is 10.9. The Balaban J connectivity index is 3.44. The highest BCUT2D eigenvalue weighted by Gasteiger charge is 1.97. The van der Waals surface area contributed by atoms with Gasteiger partial charge in [0.25, 0.3) is 0 Å². The number of hydrogen-bond acceptors (Lipinski definition) is 3. The topological polar surface area (TPSA) is 46.5 Å². The van der Waals surface area contributed by atoms with E-state index in [4.69, 9.17) is 0 Å². The number of rotatable bonds is 15. The third kappa shape index (κ3) is 17.0. The van der Waals surface area contributed by atoms with E-state index in [-0.39, 0.29) is 12.1 Å². The van der Waals surface area contributed by atoms with E-state index in [1.165, 1.54) is 32.8 Å². The zero-order chi connectivity index (χ0) is 17.9. The first-order chi connectivity index (χ1) is 11.7. The largest absolute Gasteiger partial charge is 0.469 e. The van der Waals surface area contributed by atoms with Crippen molar-refractivity contribution in [1.82, 2.24) is 0 Å². The van der Waals surface area contributed by atoms with Crippen molar-refractivity contribution in [3.05, 3.63) is 36.5 Å². The fourth-order valence-corrected chi connectivity index (χ4v) is 2.29. The van der Waals surface area contributed by atoms with Crippen LogP contribution in [0.25, 0.3) is 0 Å². The van der Waals surface area contributed by atoms with Crippen LogP contribution in [0.4, 0.5) is 0 Å². The van der Waals surface area contributed by atoms with Gasteiger partial charge in [-0.1, -0.05) is 62.6 Å². The zero-order valence-electron chi connectivity index (χ0n) is 15.6. The van der Waals surface area contributed by atoms with Crippen LogP contribution in [0.5, 0.6) is 0 Å². The number of aliphatic hydroxyl groups is 1. The number of esters is 1. The van der Waals surface area contributed by atoms with Crippen LogP contribution in [-0.4, -0.2) is 24.3 Å². The van der Waals surface area contributed by atoms with Crippen molar-refractivity contribution >= 4 is 5.97 Å². The van der Waals surface area contributed by atoms with Gasteiger partial charge in [0.2, 0.25) is 0 Å². The van der Waals surface area contributed by atoms with Gasteiger partial charge in [-0.05, 0) is 44.9 Å². The number of ether oxygens (including phenoxy) is 1. The number of aliphatic hydroxyl groups excluding tert-OH is 1. The molecule has 0 amide bonds.